The monoisotopic (exact) mass is 210 g/mol. The number of aromatic nitrogens is 2. The van der Waals surface area contributed by atoms with Crippen LogP contribution in [-0.2, 0) is 16.1 Å². The van der Waals surface area contributed by atoms with Gasteiger partial charge in [-0.2, -0.15) is 0 Å². The lowest BCUT2D eigenvalue weighted by Crippen LogP contribution is -2.20. The molecule has 0 saturated heterocycles. The van der Waals surface area contributed by atoms with Crippen molar-refractivity contribution in [3.05, 3.63) is 18.2 Å². The molecule has 0 amide bonds. The largest absolute Gasteiger partial charge is 0.479 e. The Morgan fingerprint density at radius 1 is 1.80 bits per heavy atom. The maximum absolute atomic E-state index is 10.5. The molecular weight excluding hydrogens is 196 g/mol. The van der Waals surface area contributed by atoms with Crippen molar-refractivity contribution in [1.82, 2.24) is 9.55 Å². The van der Waals surface area contributed by atoms with E-state index in [1.54, 1.807) is 12.5 Å². The molecule has 1 heterocycles. The van der Waals surface area contributed by atoms with Crippen molar-refractivity contribution >= 4 is 5.97 Å². The minimum atomic E-state index is -0.938. The molecule has 1 N–H and O–H groups in total. The van der Waals surface area contributed by atoms with E-state index in [-0.39, 0.29) is 0 Å². The molecular formula is C10H14N2O3. The number of imidazole rings is 1. The molecule has 0 unspecified atom stereocenters. The van der Waals surface area contributed by atoms with Crippen LogP contribution in [0.2, 0.25) is 0 Å². The molecule has 1 saturated carbocycles. The highest BCUT2D eigenvalue weighted by Crippen LogP contribution is 2.35. The predicted molar refractivity (Wildman–Crippen MR) is 52.4 cm³/mol. The zero-order chi connectivity index (χ0) is 10.8. The molecule has 1 aromatic rings. The van der Waals surface area contributed by atoms with E-state index in [4.69, 9.17) is 9.84 Å². The van der Waals surface area contributed by atoms with E-state index in [1.165, 1.54) is 19.8 Å². The maximum atomic E-state index is 10.5. The number of hydrogen-bond donors (Lipinski definition) is 1. The molecule has 15 heavy (non-hydrogen) atoms. The third-order valence-electron chi connectivity index (χ3n) is 2.52. The van der Waals surface area contributed by atoms with Crippen molar-refractivity contribution in [1.29, 1.82) is 0 Å². The molecule has 0 radical (unpaired) electrons. The summed E-state index contributed by atoms with van der Waals surface area (Å²) in [4.78, 5) is 14.6. The van der Waals surface area contributed by atoms with Crippen LogP contribution in [0.25, 0.3) is 0 Å². The van der Waals surface area contributed by atoms with Gasteiger partial charge in [0.15, 0.2) is 6.10 Å². The van der Waals surface area contributed by atoms with Gasteiger partial charge >= 0.3 is 5.97 Å². The number of ether oxygens (including phenoxy) is 1. The molecule has 0 bridgehead atoms. The van der Waals surface area contributed by atoms with Gasteiger partial charge in [0.25, 0.3) is 0 Å². The van der Waals surface area contributed by atoms with Gasteiger partial charge in [0.1, 0.15) is 0 Å². The first-order chi connectivity index (χ1) is 7.18. The highest BCUT2D eigenvalue weighted by atomic mass is 16.5. The van der Waals surface area contributed by atoms with Crippen LogP contribution >= 0.6 is 0 Å². The summed E-state index contributed by atoms with van der Waals surface area (Å²) >= 11 is 0. The number of carbonyl (C=O) groups is 1. The second-order valence-corrected chi connectivity index (χ2v) is 3.81. The van der Waals surface area contributed by atoms with Gasteiger partial charge in [-0.3, -0.25) is 0 Å². The summed E-state index contributed by atoms with van der Waals surface area (Å²) in [7, 11) is 0. The lowest BCUT2D eigenvalue weighted by atomic mass is 10.4. The number of rotatable bonds is 5. The molecule has 1 aliphatic rings. The summed E-state index contributed by atoms with van der Waals surface area (Å²) in [6.07, 6.45) is 5.09. The lowest BCUT2D eigenvalue weighted by molar-refractivity contribution is -0.150. The van der Waals surface area contributed by atoms with Crippen LogP contribution in [-0.4, -0.2) is 26.7 Å². The number of hydrogen-bond acceptors (Lipinski definition) is 3. The SMILES string of the molecule is C[C@H](OCc1cncn1C1CC1)C(=O)O. The number of carboxylic acids is 1. The van der Waals surface area contributed by atoms with Gasteiger partial charge in [0, 0.05) is 6.04 Å². The van der Waals surface area contributed by atoms with Gasteiger partial charge in [0.05, 0.1) is 24.8 Å². The average molecular weight is 210 g/mol. The highest BCUT2D eigenvalue weighted by Gasteiger charge is 2.25. The summed E-state index contributed by atoms with van der Waals surface area (Å²) in [6.45, 7) is 1.84. The fourth-order valence-electron chi connectivity index (χ4n) is 1.41. The molecule has 5 nitrogen and oxygen atoms in total. The van der Waals surface area contributed by atoms with Crippen molar-refractivity contribution < 1.29 is 14.6 Å². The minimum Gasteiger partial charge on any atom is -0.479 e. The molecule has 82 valence electrons. The van der Waals surface area contributed by atoms with Gasteiger partial charge in [-0.05, 0) is 19.8 Å². The number of aliphatic carboxylic acids is 1. The zero-order valence-corrected chi connectivity index (χ0v) is 8.59. The van der Waals surface area contributed by atoms with E-state index >= 15 is 0 Å². The molecule has 1 aromatic heterocycles. The van der Waals surface area contributed by atoms with Crippen LogP contribution < -0.4 is 0 Å². The lowest BCUT2D eigenvalue weighted by Gasteiger charge is -2.10. The molecule has 0 aliphatic heterocycles. The fraction of sp³-hybridized carbons (Fsp3) is 0.600. The van der Waals surface area contributed by atoms with Crippen LogP contribution in [0.4, 0.5) is 0 Å². The average Bonchev–Trinajstić information content (AvgIpc) is 2.94. The van der Waals surface area contributed by atoms with E-state index in [9.17, 15) is 4.79 Å². The Labute approximate surface area is 87.7 Å². The van der Waals surface area contributed by atoms with Gasteiger partial charge in [-0.1, -0.05) is 0 Å². The topological polar surface area (TPSA) is 64.4 Å². The minimum absolute atomic E-state index is 0.309. The normalized spacial score (nSPS) is 17.7. The Morgan fingerprint density at radius 3 is 3.13 bits per heavy atom. The van der Waals surface area contributed by atoms with E-state index in [2.05, 4.69) is 9.55 Å². The summed E-state index contributed by atoms with van der Waals surface area (Å²) in [6, 6.07) is 0.547. The Hall–Kier alpha value is -1.36. The first-order valence-electron chi connectivity index (χ1n) is 5.03. The first-order valence-corrected chi connectivity index (χ1v) is 5.03. The van der Waals surface area contributed by atoms with Crippen LogP contribution in [0.1, 0.15) is 31.5 Å². The van der Waals surface area contributed by atoms with Gasteiger partial charge < -0.3 is 14.4 Å². The maximum Gasteiger partial charge on any atom is 0.332 e. The van der Waals surface area contributed by atoms with Gasteiger partial charge in [-0.15, -0.1) is 0 Å². The quantitative estimate of drug-likeness (QED) is 0.793. The molecule has 1 fully saturated rings. The number of carboxylic acid groups (broad SMARTS) is 1. The van der Waals surface area contributed by atoms with Crippen molar-refractivity contribution in [3.8, 4) is 0 Å². The standard InChI is InChI=1S/C10H14N2O3/c1-7(10(13)14)15-5-9-4-11-6-12(9)8-2-3-8/h4,6-8H,2-3,5H2,1H3,(H,13,14)/t7-/m0/s1. The smallest absolute Gasteiger partial charge is 0.332 e. The third-order valence-corrected chi connectivity index (χ3v) is 2.52. The fourth-order valence-corrected chi connectivity index (χ4v) is 1.41. The van der Waals surface area contributed by atoms with Crippen molar-refractivity contribution in [2.24, 2.45) is 0 Å². The Morgan fingerprint density at radius 2 is 2.53 bits per heavy atom. The van der Waals surface area contributed by atoms with Crippen LogP contribution in [0.5, 0.6) is 0 Å². The second kappa shape index (κ2) is 4.02. The van der Waals surface area contributed by atoms with Crippen LogP contribution in [0.3, 0.4) is 0 Å². The highest BCUT2D eigenvalue weighted by molar-refractivity contribution is 5.71. The third kappa shape index (κ3) is 2.36. The van der Waals surface area contributed by atoms with E-state index < -0.39 is 12.1 Å². The molecule has 5 heteroatoms. The van der Waals surface area contributed by atoms with Gasteiger partial charge in [-0.25, -0.2) is 9.78 Å². The summed E-state index contributed by atoms with van der Waals surface area (Å²) in [5, 5.41) is 8.65. The van der Waals surface area contributed by atoms with E-state index in [0.29, 0.717) is 12.6 Å². The summed E-state index contributed by atoms with van der Waals surface area (Å²) in [5.74, 6) is -0.938. The Kier molecular flexibility index (Phi) is 2.73. The molecule has 1 aliphatic carbocycles. The van der Waals surface area contributed by atoms with Crippen molar-refractivity contribution in [2.75, 3.05) is 0 Å². The van der Waals surface area contributed by atoms with Crippen molar-refractivity contribution in [2.45, 2.75) is 38.5 Å². The molecule has 0 spiro atoms. The second-order valence-electron chi connectivity index (χ2n) is 3.81. The summed E-state index contributed by atoms with van der Waals surface area (Å²) < 4.78 is 7.27. The van der Waals surface area contributed by atoms with E-state index in [0.717, 1.165) is 5.69 Å². The predicted octanol–water partition coefficient (Wildman–Crippen LogP) is 1.21. The zero-order valence-electron chi connectivity index (χ0n) is 8.59. The Bertz CT molecular complexity index is 357. The van der Waals surface area contributed by atoms with Crippen LogP contribution in [0, 0.1) is 0 Å². The Balaban J connectivity index is 1.92. The van der Waals surface area contributed by atoms with E-state index in [1.807, 2.05) is 0 Å². The molecule has 1 atom stereocenters. The number of nitrogens with zero attached hydrogens (tertiary/aromatic N) is 2. The van der Waals surface area contributed by atoms with Crippen LogP contribution in [0.15, 0.2) is 12.5 Å². The molecule has 2 rings (SSSR count). The van der Waals surface area contributed by atoms with Crippen molar-refractivity contribution in [3.63, 3.8) is 0 Å². The first kappa shape index (κ1) is 10.2. The molecule has 0 aromatic carbocycles. The van der Waals surface area contributed by atoms with Gasteiger partial charge in [0.2, 0.25) is 0 Å². The summed E-state index contributed by atoms with van der Waals surface area (Å²) in [5.41, 5.74) is 0.950.